The number of rotatable bonds is 10. The Bertz CT molecular complexity index is 372. The van der Waals surface area contributed by atoms with Crippen molar-refractivity contribution in [1.82, 2.24) is 0 Å². The zero-order valence-electron chi connectivity index (χ0n) is 12.7. The van der Waals surface area contributed by atoms with E-state index in [-0.39, 0.29) is 5.75 Å². The fourth-order valence-electron chi connectivity index (χ4n) is 1.67. The fourth-order valence-corrected chi connectivity index (χ4v) is 2.84. The minimum Gasteiger partial charge on any atom is -0.468 e. The molecule has 0 spiro atoms. The topological polar surface area (TPSA) is 26.3 Å². The summed E-state index contributed by atoms with van der Waals surface area (Å²) < 4.78 is 91.9. The summed E-state index contributed by atoms with van der Waals surface area (Å²) in [5, 5.41) is -0.642. The molecule has 0 saturated heterocycles. The molecule has 2 nitrogen and oxygen atoms in total. The van der Waals surface area contributed by atoms with Gasteiger partial charge in [0.2, 0.25) is 0 Å². The highest BCUT2D eigenvalue weighted by Crippen LogP contribution is 2.48. The van der Waals surface area contributed by atoms with Crippen molar-refractivity contribution in [3.8, 4) is 0 Å². The van der Waals surface area contributed by atoms with Crippen molar-refractivity contribution in [3.05, 3.63) is 0 Å². The van der Waals surface area contributed by atoms with Gasteiger partial charge in [-0.25, -0.2) is 0 Å². The molecule has 138 valence electrons. The third kappa shape index (κ3) is 6.39. The summed E-state index contributed by atoms with van der Waals surface area (Å²) in [6.45, 7) is 1.87. The first kappa shape index (κ1) is 22.3. The number of esters is 1. The lowest BCUT2D eigenvalue weighted by atomic mass is 10.1. The Kier molecular flexibility index (Phi) is 8.72. The molecule has 10 heteroatoms. The summed E-state index contributed by atoms with van der Waals surface area (Å²) in [7, 11) is 1.15. The maximum Gasteiger partial charge on any atom is 0.459 e. The van der Waals surface area contributed by atoms with Crippen LogP contribution in [0.5, 0.6) is 0 Å². The Labute approximate surface area is 134 Å². The van der Waals surface area contributed by atoms with Gasteiger partial charge in [-0.15, -0.1) is 11.8 Å². The van der Waals surface area contributed by atoms with Crippen molar-refractivity contribution in [1.29, 1.82) is 0 Å². The molecule has 1 unspecified atom stereocenters. The fraction of sp³-hybridized carbons (Fsp3) is 0.923. The third-order valence-corrected chi connectivity index (χ3v) is 4.41. The summed E-state index contributed by atoms with van der Waals surface area (Å²) in [4.78, 5) is 11.4. The molecule has 0 amide bonds. The van der Waals surface area contributed by atoms with Gasteiger partial charge in [0, 0.05) is 6.42 Å². The average Bonchev–Trinajstić information content (AvgIpc) is 2.44. The first-order valence-corrected chi connectivity index (χ1v) is 7.97. The molecule has 0 fully saturated rings. The van der Waals surface area contributed by atoms with Crippen LogP contribution in [0.15, 0.2) is 0 Å². The lowest BCUT2D eigenvalue weighted by molar-refractivity contribution is -0.355. The molecular weight excluding hydrogens is 353 g/mol. The number of carbonyl (C=O) groups excluding carboxylic acids is 1. The van der Waals surface area contributed by atoms with E-state index in [1.165, 1.54) is 0 Å². The van der Waals surface area contributed by atoms with Crippen molar-refractivity contribution in [3.63, 3.8) is 0 Å². The van der Waals surface area contributed by atoms with Gasteiger partial charge in [0.25, 0.3) is 0 Å². The van der Waals surface area contributed by atoms with Gasteiger partial charge in [-0.05, 0) is 18.6 Å². The molecule has 23 heavy (non-hydrogen) atoms. The maximum absolute atomic E-state index is 13.1. The Hall–Kier alpha value is -0.670. The van der Waals surface area contributed by atoms with Crippen LogP contribution >= 0.6 is 11.8 Å². The molecular formula is C13H19F7O2S. The van der Waals surface area contributed by atoms with Crippen LogP contribution < -0.4 is 0 Å². The summed E-state index contributed by atoms with van der Waals surface area (Å²) in [5.74, 6) is -12.0. The zero-order chi connectivity index (χ0) is 18.3. The predicted octanol–water partition coefficient (Wildman–Crippen LogP) is 5.06. The monoisotopic (exact) mass is 372 g/mol. The number of thioether (sulfide) groups is 1. The molecule has 0 aliphatic rings. The highest BCUT2D eigenvalue weighted by atomic mass is 32.2. The SMILES string of the molecule is CCCCC(SCCCC(F)(F)C(F)(F)C(F)(F)F)C(=O)OC. The normalized spacial score (nSPS) is 14.7. The van der Waals surface area contributed by atoms with Crippen molar-refractivity contribution >= 4 is 17.7 Å². The lowest BCUT2D eigenvalue weighted by Gasteiger charge is -2.28. The second kappa shape index (κ2) is 8.98. The van der Waals surface area contributed by atoms with E-state index in [0.717, 1.165) is 25.3 Å². The Morgan fingerprint density at radius 1 is 1.09 bits per heavy atom. The van der Waals surface area contributed by atoms with Gasteiger partial charge >= 0.3 is 24.0 Å². The van der Waals surface area contributed by atoms with Crippen LogP contribution in [0.1, 0.15) is 39.0 Å². The van der Waals surface area contributed by atoms with Gasteiger partial charge in [0.05, 0.1) is 7.11 Å². The number of methoxy groups -OCH3 is 1. The van der Waals surface area contributed by atoms with Crippen LogP contribution in [-0.4, -0.2) is 42.1 Å². The zero-order valence-corrected chi connectivity index (χ0v) is 13.5. The van der Waals surface area contributed by atoms with E-state index in [2.05, 4.69) is 4.74 Å². The molecule has 0 heterocycles. The summed E-state index contributed by atoms with van der Waals surface area (Å²) in [6.07, 6.45) is -6.63. The molecule has 0 saturated carbocycles. The highest BCUT2D eigenvalue weighted by molar-refractivity contribution is 8.00. The van der Waals surface area contributed by atoms with Gasteiger partial charge in [-0.1, -0.05) is 19.8 Å². The van der Waals surface area contributed by atoms with E-state index in [4.69, 9.17) is 0 Å². The minimum absolute atomic E-state index is 0.146. The van der Waals surface area contributed by atoms with Gasteiger partial charge in [0.1, 0.15) is 5.25 Å². The first-order chi connectivity index (χ1) is 10.4. The van der Waals surface area contributed by atoms with Crippen LogP contribution in [0.2, 0.25) is 0 Å². The van der Waals surface area contributed by atoms with Gasteiger partial charge in [-0.2, -0.15) is 30.7 Å². The molecule has 0 aromatic heterocycles. The number of unbranched alkanes of at least 4 members (excludes halogenated alkanes) is 1. The minimum atomic E-state index is -6.31. The van der Waals surface area contributed by atoms with Gasteiger partial charge in [-0.3, -0.25) is 4.79 Å². The number of hydrogen-bond acceptors (Lipinski definition) is 3. The van der Waals surface area contributed by atoms with Crippen LogP contribution in [0.25, 0.3) is 0 Å². The van der Waals surface area contributed by atoms with Gasteiger partial charge < -0.3 is 4.74 Å². The summed E-state index contributed by atoms with van der Waals surface area (Å²) >= 11 is 0.919. The molecule has 0 bridgehead atoms. The number of carbonyl (C=O) groups is 1. The first-order valence-electron chi connectivity index (χ1n) is 6.92. The maximum atomic E-state index is 13.1. The van der Waals surface area contributed by atoms with Crippen molar-refractivity contribution in [2.45, 2.75) is 62.3 Å². The largest absolute Gasteiger partial charge is 0.468 e. The second-order valence-electron chi connectivity index (χ2n) is 4.90. The average molecular weight is 372 g/mol. The molecule has 0 radical (unpaired) electrons. The van der Waals surface area contributed by atoms with Crippen molar-refractivity contribution in [2.24, 2.45) is 0 Å². The van der Waals surface area contributed by atoms with E-state index < -0.39 is 42.1 Å². The number of ether oxygens (including phenoxy) is 1. The van der Waals surface area contributed by atoms with Crippen LogP contribution in [0, 0.1) is 0 Å². The molecule has 0 aromatic carbocycles. The predicted molar refractivity (Wildman–Crippen MR) is 73.0 cm³/mol. The number of halogens is 7. The molecule has 0 aromatic rings. The summed E-state index contributed by atoms with van der Waals surface area (Å²) in [6, 6.07) is 0. The number of alkyl halides is 7. The van der Waals surface area contributed by atoms with E-state index >= 15 is 0 Å². The van der Waals surface area contributed by atoms with Crippen LogP contribution in [0.3, 0.4) is 0 Å². The van der Waals surface area contributed by atoms with Crippen LogP contribution in [0.4, 0.5) is 30.7 Å². The molecule has 0 aliphatic carbocycles. The van der Waals surface area contributed by atoms with Gasteiger partial charge in [0.15, 0.2) is 0 Å². The Morgan fingerprint density at radius 2 is 1.65 bits per heavy atom. The Balaban J connectivity index is 4.49. The summed E-state index contributed by atoms with van der Waals surface area (Å²) in [5.41, 5.74) is 0. The van der Waals surface area contributed by atoms with E-state index in [1.54, 1.807) is 0 Å². The molecule has 0 aliphatic heterocycles. The van der Waals surface area contributed by atoms with Crippen LogP contribution in [-0.2, 0) is 9.53 Å². The molecule has 1 atom stereocenters. The van der Waals surface area contributed by atoms with Crippen molar-refractivity contribution in [2.75, 3.05) is 12.9 Å². The number of hydrogen-bond donors (Lipinski definition) is 0. The standard InChI is InChI=1S/C13H19F7O2S/c1-3-4-6-9(10(21)22-2)23-8-5-7-11(14,15)12(16,17)13(18,19)20/h9H,3-8H2,1-2H3. The van der Waals surface area contributed by atoms with E-state index in [0.29, 0.717) is 12.8 Å². The Morgan fingerprint density at radius 3 is 2.09 bits per heavy atom. The van der Waals surface area contributed by atoms with E-state index in [1.807, 2.05) is 6.92 Å². The second-order valence-corrected chi connectivity index (χ2v) is 6.22. The lowest BCUT2D eigenvalue weighted by Crippen LogP contribution is -2.51. The molecule has 0 rings (SSSR count). The quantitative estimate of drug-likeness (QED) is 0.304. The molecule has 0 N–H and O–H groups in total. The highest BCUT2D eigenvalue weighted by Gasteiger charge is 2.72. The van der Waals surface area contributed by atoms with Crippen molar-refractivity contribution < 1.29 is 40.3 Å². The third-order valence-electron chi connectivity index (χ3n) is 3.05. The smallest absolute Gasteiger partial charge is 0.459 e. The van der Waals surface area contributed by atoms with E-state index in [9.17, 15) is 35.5 Å².